The standard InChI is InChI=1S/C26H26O4Si/c1-26(2,3)31(21-14-8-5-9-15-21,30-25(29)19-18-24(27)28)23-17-11-10-16-22(23)20-12-6-4-7-13-20/h4-19H,1-3H3,(H,27,28)/b19-18-. The van der Waals surface area contributed by atoms with E-state index in [1.807, 2.05) is 84.9 Å². The second-order valence-corrected chi connectivity index (χ2v) is 12.5. The number of carbonyl (C=O) groups is 2. The van der Waals surface area contributed by atoms with Crippen LogP contribution in [0.1, 0.15) is 20.8 Å². The summed E-state index contributed by atoms with van der Waals surface area (Å²) < 4.78 is 6.34. The summed E-state index contributed by atoms with van der Waals surface area (Å²) in [5, 5.41) is 10.5. The highest BCUT2D eigenvalue weighted by Gasteiger charge is 2.54. The summed E-state index contributed by atoms with van der Waals surface area (Å²) in [6, 6.07) is 27.8. The molecule has 4 nitrogen and oxygen atoms in total. The van der Waals surface area contributed by atoms with Gasteiger partial charge in [-0.1, -0.05) is 106 Å². The fourth-order valence-corrected chi connectivity index (χ4v) is 8.40. The first-order valence-corrected chi connectivity index (χ1v) is 12.0. The van der Waals surface area contributed by atoms with E-state index in [1.54, 1.807) is 0 Å². The largest absolute Gasteiger partial charge is 0.506 e. The molecule has 3 aromatic rings. The number of carbonyl (C=O) groups excluding carboxylic acids is 1. The van der Waals surface area contributed by atoms with Gasteiger partial charge in [0.15, 0.2) is 0 Å². The highest BCUT2D eigenvalue weighted by molar-refractivity contribution is 7.01. The first kappa shape index (κ1) is 22.2. The molecule has 0 heterocycles. The average molecular weight is 431 g/mol. The molecule has 0 aliphatic rings. The lowest BCUT2D eigenvalue weighted by molar-refractivity contribution is -0.133. The fraction of sp³-hybridized carbons (Fsp3) is 0.154. The van der Waals surface area contributed by atoms with Crippen molar-refractivity contribution in [2.75, 3.05) is 0 Å². The number of rotatable bonds is 6. The topological polar surface area (TPSA) is 63.6 Å². The summed E-state index contributed by atoms with van der Waals surface area (Å²) in [5.74, 6) is -1.85. The van der Waals surface area contributed by atoms with Gasteiger partial charge in [-0.15, -0.1) is 0 Å². The first-order chi connectivity index (χ1) is 14.8. The molecule has 1 unspecified atom stereocenters. The van der Waals surface area contributed by atoms with Crippen LogP contribution in [0.3, 0.4) is 0 Å². The number of hydrogen-bond donors (Lipinski definition) is 1. The van der Waals surface area contributed by atoms with Crippen LogP contribution in [0.4, 0.5) is 0 Å². The molecule has 0 fully saturated rings. The van der Waals surface area contributed by atoms with Crippen molar-refractivity contribution in [3.05, 3.63) is 97.1 Å². The quantitative estimate of drug-likeness (QED) is 0.465. The fourth-order valence-electron chi connectivity index (χ4n) is 3.92. The van der Waals surface area contributed by atoms with Crippen molar-refractivity contribution < 1.29 is 19.1 Å². The number of benzene rings is 3. The lowest BCUT2D eigenvalue weighted by Gasteiger charge is -2.42. The first-order valence-electron chi connectivity index (χ1n) is 10.1. The summed E-state index contributed by atoms with van der Waals surface area (Å²) in [6.45, 7) is 6.21. The Bertz CT molecular complexity index is 1090. The van der Waals surface area contributed by atoms with Crippen LogP contribution in [0.15, 0.2) is 97.1 Å². The molecule has 3 rings (SSSR count). The molecule has 0 aromatic heterocycles. The van der Waals surface area contributed by atoms with Gasteiger partial charge in [0.1, 0.15) is 0 Å². The Morgan fingerprint density at radius 2 is 1.35 bits per heavy atom. The third-order valence-electron chi connectivity index (χ3n) is 5.24. The Morgan fingerprint density at radius 1 is 0.806 bits per heavy atom. The number of hydrogen-bond acceptors (Lipinski definition) is 3. The third-order valence-corrected chi connectivity index (χ3v) is 10.2. The Kier molecular flexibility index (Phi) is 6.56. The lowest BCUT2D eigenvalue weighted by Crippen LogP contribution is -2.67. The van der Waals surface area contributed by atoms with E-state index in [9.17, 15) is 9.59 Å². The predicted molar refractivity (Wildman–Crippen MR) is 126 cm³/mol. The van der Waals surface area contributed by atoms with Crippen LogP contribution in [0.5, 0.6) is 0 Å². The molecular weight excluding hydrogens is 404 g/mol. The molecular formula is C26H26O4Si. The van der Waals surface area contributed by atoms with Gasteiger partial charge in [-0.25, -0.2) is 9.59 Å². The predicted octanol–water partition coefficient (Wildman–Crippen LogP) is 4.40. The lowest BCUT2D eigenvalue weighted by atomic mass is 10.1. The van der Waals surface area contributed by atoms with Crippen LogP contribution < -0.4 is 10.4 Å². The molecule has 0 saturated heterocycles. The summed E-state index contributed by atoms with van der Waals surface area (Å²) >= 11 is 0. The average Bonchev–Trinajstić information content (AvgIpc) is 2.76. The Labute approximate surface area is 184 Å². The molecule has 0 saturated carbocycles. The number of carboxylic acids is 1. The van der Waals surface area contributed by atoms with E-state index in [-0.39, 0.29) is 0 Å². The highest BCUT2D eigenvalue weighted by Crippen LogP contribution is 2.38. The molecule has 0 aliphatic carbocycles. The maximum atomic E-state index is 12.9. The highest BCUT2D eigenvalue weighted by atomic mass is 28.4. The summed E-state index contributed by atoms with van der Waals surface area (Å²) in [7, 11) is -3.21. The Morgan fingerprint density at radius 3 is 1.94 bits per heavy atom. The van der Waals surface area contributed by atoms with Crippen LogP contribution in [0, 0.1) is 0 Å². The van der Waals surface area contributed by atoms with Crippen molar-refractivity contribution in [3.63, 3.8) is 0 Å². The van der Waals surface area contributed by atoms with Gasteiger partial charge in [0.25, 0.3) is 0 Å². The van der Waals surface area contributed by atoms with Crippen molar-refractivity contribution in [3.8, 4) is 11.1 Å². The Hall–Kier alpha value is -3.44. The molecule has 0 aliphatic heterocycles. The summed E-state index contributed by atoms with van der Waals surface area (Å²) in [5.41, 5.74) is 2.04. The van der Waals surface area contributed by atoms with Gasteiger partial charge in [0.05, 0.1) is 0 Å². The third kappa shape index (κ3) is 4.67. The minimum Gasteiger partial charge on any atom is -0.506 e. The summed E-state index contributed by atoms with van der Waals surface area (Å²) in [4.78, 5) is 23.8. The zero-order valence-corrected chi connectivity index (χ0v) is 18.9. The van der Waals surface area contributed by atoms with Crippen LogP contribution in [-0.4, -0.2) is 25.4 Å². The Balaban J connectivity index is 2.32. The molecule has 3 aromatic carbocycles. The van der Waals surface area contributed by atoms with Gasteiger partial charge in [-0.05, 0) is 26.5 Å². The summed E-state index contributed by atoms with van der Waals surface area (Å²) in [6.07, 6.45) is 1.81. The van der Waals surface area contributed by atoms with E-state index < -0.39 is 25.3 Å². The van der Waals surface area contributed by atoms with Crippen molar-refractivity contribution in [1.29, 1.82) is 0 Å². The van der Waals surface area contributed by atoms with Crippen molar-refractivity contribution >= 4 is 30.6 Å². The smallest absolute Gasteiger partial charge is 0.328 e. The van der Waals surface area contributed by atoms with Crippen LogP contribution in [-0.2, 0) is 14.0 Å². The van der Waals surface area contributed by atoms with Gasteiger partial charge in [-0.2, -0.15) is 0 Å². The molecule has 1 N–H and O–H groups in total. The van der Waals surface area contributed by atoms with E-state index in [0.717, 1.165) is 33.7 Å². The van der Waals surface area contributed by atoms with E-state index in [1.165, 1.54) is 0 Å². The second kappa shape index (κ2) is 9.14. The van der Waals surface area contributed by atoms with Crippen LogP contribution in [0.25, 0.3) is 11.1 Å². The molecule has 0 radical (unpaired) electrons. The normalized spacial score (nSPS) is 13.5. The van der Waals surface area contributed by atoms with E-state index in [4.69, 9.17) is 9.53 Å². The van der Waals surface area contributed by atoms with Crippen molar-refractivity contribution in [1.82, 2.24) is 0 Å². The van der Waals surface area contributed by atoms with E-state index in [2.05, 4.69) is 20.8 Å². The monoisotopic (exact) mass is 430 g/mol. The SMILES string of the molecule is CC(C)(C)[Si](OC(=O)/C=C\C(=O)O)(c1ccccc1)c1ccccc1-c1ccccc1. The van der Waals surface area contributed by atoms with Crippen LogP contribution >= 0.6 is 0 Å². The van der Waals surface area contributed by atoms with Gasteiger partial charge in [0.2, 0.25) is 0 Å². The van der Waals surface area contributed by atoms with Crippen LogP contribution in [0.2, 0.25) is 5.04 Å². The minimum absolute atomic E-state index is 0.425. The van der Waals surface area contributed by atoms with E-state index in [0.29, 0.717) is 0 Å². The van der Waals surface area contributed by atoms with Crippen molar-refractivity contribution in [2.45, 2.75) is 25.8 Å². The molecule has 158 valence electrons. The maximum Gasteiger partial charge on any atom is 0.328 e. The second-order valence-electron chi connectivity index (χ2n) is 8.30. The molecule has 5 heteroatoms. The van der Waals surface area contributed by atoms with Gasteiger partial charge < -0.3 is 9.53 Å². The zero-order chi connectivity index (χ0) is 22.5. The molecule has 1 atom stereocenters. The molecule has 0 amide bonds. The molecule has 31 heavy (non-hydrogen) atoms. The zero-order valence-electron chi connectivity index (χ0n) is 17.9. The van der Waals surface area contributed by atoms with Gasteiger partial charge >= 0.3 is 20.3 Å². The van der Waals surface area contributed by atoms with Crippen molar-refractivity contribution in [2.24, 2.45) is 0 Å². The number of aliphatic carboxylic acids is 1. The number of carboxylic acid groups (broad SMARTS) is 1. The molecule has 0 bridgehead atoms. The maximum absolute atomic E-state index is 12.9. The van der Waals surface area contributed by atoms with Gasteiger partial charge in [0, 0.05) is 12.2 Å². The minimum atomic E-state index is -3.21. The molecule has 0 spiro atoms. The van der Waals surface area contributed by atoms with Gasteiger partial charge in [-0.3, -0.25) is 0 Å². The van der Waals surface area contributed by atoms with E-state index >= 15 is 0 Å².